The SMILES string of the molecule is CCCCCCCCCCCCCC(=O)N[C@@H](Cc1c[nH]cn1)C(N)=O. The highest BCUT2D eigenvalue weighted by molar-refractivity contribution is 5.86. The first kappa shape index (κ1) is 22.2. The molecule has 0 unspecified atom stereocenters. The van der Waals surface area contributed by atoms with Gasteiger partial charge in [0.1, 0.15) is 6.04 Å². The number of imidazole rings is 1. The molecule has 0 bridgehead atoms. The van der Waals surface area contributed by atoms with Crippen LogP contribution in [0.3, 0.4) is 0 Å². The highest BCUT2D eigenvalue weighted by atomic mass is 16.2. The molecule has 1 heterocycles. The molecule has 0 spiro atoms. The van der Waals surface area contributed by atoms with Crippen LogP contribution < -0.4 is 11.1 Å². The minimum absolute atomic E-state index is 0.111. The maximum Gasteiger partial charge on any atom is 0.240 e. The van der Waals surface area contributed by atoms with Gasteiger partial charge in [0.25, 0.3) is 0 Å². The monoisotopic (exact) mass is 364 g/mol. The summed E-state index contributed by atoms with van der Waals surface area (Å²) in [6.07, 6.45) is 17.7. The van der Waals surface area contributed by atoms with Gasteiger partial charge in [-0.2, -0.15) is 0 Å². The van der Waals surface area contributed by atoms with E-state index in [0.717, 1.165) is 12.8 Å². The summed E-state index contributed by atoms with van der Waals surface area (Å²) in [6.45, 7) is 2.24. The summed E-state index contributed by atoms with van der Waals surface area (Å²) >= 11 is 0. The molecule has 6 nitrogen and oxygen atoms in total. The zero-order valence-electron chi connectivity index (χ0n) is 16.3. The molecule has 2 amide bonds. The number of amides is 2. The largest absolute Gasteiger partial charge is 0.368 e. The number of hydrogen-bond acceptors (Lipinski definition) is 3. The molecule has 1 aromatic heterocycles. The summed E-state index contributed by atoms with van der Waals surface area (Å²) < 4.78 is 0. The number of H-pyrrole nitrogens is 1. The Labute approximate surface area is 157 Å². The quantitative estimate of drug-likeness (QED) is 0.390. The first-order valence-electron chi connectivity index (χ1n) is 10.2. The van der Waals surface area contributed by atoms with Crippen LogP contribution in [-0.4, -0.2) is 27.8 Å². The number of nitrogens with one attached hydrogen (secondary N) is 2. The number of rotatable bonds is 16. The van der Waals surface area contributed by atoms with Crippen molar-refractivity contribution in [2.75, 3.05) is 0 Å². The molecule has 0 fully saturated rings. The van der Waals surface area contributed by atoms with E-state index in [0.29, 0.717) is 18.5 Å². The molecule has 0 aromatic carbocycles. The number of carbonyl (C=O) groups is 2. The van der Waals surface area contributed by atoms with Gasteiger partial charge in [0.05, 0.1) is 12.0 Å². The molecule has 0 aliphatic rings. The Morgan fingerprint density at radius 1 is 1.04 bits per heavy atom. The standard InChI is InChI=1S/C20H36N4O2/c1-2-3-4-5-6-7-8-9-10-11-12-13-19(25)24-18(20(21)26)14-17-15-22-16-23-17/h15-16,18H,2-14H2,1H3,(H2,21,26)(H,22,23)(H,24,25)/t18-/m0/s1. The van der Waals surface area contributed by atoms with Crippen LogP contribution in [0.15, 0.2) is 12.5 Å². The lowest BCUT2D eigenvalue weighted by molar-refractivity contribution is -0.127. The van der Waals surface area contributed by atoms with E-state index in [1.165, 1.54) is 57.8 Å². The zero-order valence-corrected chi connectivity index (χ0v) is 16.3. The van der Waals surface area contributed by atoms with Crippen molar-refractivity contribution in [2.24, 2.45) is 5.73 Å². The maximum atomic E-state index is 12.0. The minimum Gasteiger partial charge on any atom is -0.368 e. The number of aromatic nitrogens is 2. The fraction of sp³-hybridized carbons (Fsp3) is 0.750. The van der Waals surface area contributed by atoms with E-state index in [1.807, 2.05) is 0 Å². The predicted octanol–water partition coefficient (Wildman–Crippen LogP) is 3.62. The molecule has 1 aromatic rings. The third-order valence-corrected chi connectivity index (χ3v) is 4.65. The van der Waals surface area contributed by atoms with Crippen LogP contribution in [0.25, 0.3) is 0 Å². The third kappa shape index (κ3) is 10.9. The Balaban J connectivity index is 2.02. The fourth-order valence-corrected chi connectivity index (χ4v) is 3.05. The highest BCUT2D eigenvalue weighted by Gasteiger charge is 2.19. The first-order chi connectivity index (χ1) is 12.6. The predicted molar refractivity (Wildman–Crippen MR) is 104 cm³/mol. The van der Waals surface area contributed by atoms with Crippen LogP contribution in [-0.2, 0) is 16.0 Å². The van der Waals surface area contributed by atoms with Crippen LogP contribution in [0.4, 0.5) is 0 Å². The summed E-state index contributed by atoms with van der Waals surface area (Å²) in [5.41, 5.74) is 6.08. The van der Waals surface area contributed by atoms with E-state index in [4.69, 9.17) is 5.73 Å². The van der Waals surface area contributed by atoms with Crippen LogP contribution in [0, 0.1) is 0 Å². The van der Waals surface area contributed by atoms with Gasteiger partial charge in [-0.3, -0.25) is 9.59 Å². The second-order valence-corrected chi connectivity index (χ2v) is 7.07. The van der Waals surface area contributed by atoms with Gasteiger partial charge in [0.2, 0.25) is 11.8 Å². The number of nitrogens with two attached hydrogens (primary N) is 1. The Hall–Kier alpha value is -1.85. The van der Waals surface area contributed by atoms with Gasteiger partial charge in [-0.15, -0.1) is 0 Å². The van der Waals surface area contributed by atoms with Crippen LogP contribution in [0.2, 0.25) is 0 Å². The normalized spacial score (nSPS) is 12.0. The number of nitrogens with zero attached hydrogens (tertiary/aromatic N) is 1. The van der Waals surface area contributed by atoms with Crippen LogP contribution in [0.5, 0.6) is 0 Å². The van der Waals surface area contributed by atoms with E-state index in [9.17, 15) is 9.59 Å². The summed E-state index contributed by atoms with van der Waals surface area (Å²) in [5, 5.41) is 2.72. The van der Waals surface area contributed by atoms with Gasteiger partial charge in [-0.25, -0.2) is 4.98 Å². The van der Waals surface area contributed by atoms with Gasteiger partial charge in [0, 0.05) is 19.0 Å². The molecule has 4 N–H and O–H groups in total. The number of unbranched alkanes of at least 4 members (excludes halogenated alkanes) is 10. The van der Waals surface area contributed by atoms with Gasteiger partial charge < -0.3 is 16.0 Å². The van der Waals surface area contributed by atoms with Gasteiger partial charge in [0.15, 0.2) is 0 Å². The minimum atomic E-state index is -0.696. The Bertz CT molecular complexity index is 488. The molecule has 0 aliphatic heterocycles. The summed E-state index contributed by atoms with van der Waals surface area (Å²) in [5.74, 6) is -0.638. The molecule has 0 radical (unpaired) electrons. The molecular formula is C20H36N4O2. The topological polar surface area (TPSA) is 101 Å². The summed E-state index contributed by atoms with van der Waals surface area (Å²) in [6, 6.07) is -0.696. The fourth-order valence-electron chi connectivity index (χ4n) is 3.05. The van der Waals surface area contributed by atoms with Crippen molar-refractivity contribution in [2.45, 2.75) is 96.4 Å². The average Bonchev–Trinajstić information content (AvgIpc) is 3.12. The van der Waals surface area contributed by atoms with E-state index in [2.05, 4.69) is 22.2 Å². The van der Waals surface area contributed by atoms with Crippen molar-refractivity contribution in [3.05, 3.63) is 18.2 Å². The number of hydrogen-bond donors (Lipinski definition) is 3. The van der Waals surface area contributed by atoms with Crippen LogP contribution in [0.1, 0.15) is 89.7 Å². The highest BCUT2D eigenvalue weighted by Crippen LogP contribution is 2.12. The third-order valence-electron chi connectivity index (χ3n) is 4.65. The van der Waals surface area contributed by atoms with E-state index < -0.39 is 11.9 Å². The second-order valence-electron chi connectivity index (χ2n) is 7.07. The van der Waals surface area contributed by atoms with Crippen molar-refractivity contribution in [3.8, 4) is 0 Å². The molecular weight excluding hydrogens is 328 g/mol. The number of aromatic amines is 1. The lowest BCUT2D eigenvalue weighted by atomic mass is 10.0. The van der Waals surface area contributed by atoms with Crippen molar-refractivity contribution >= 4 is 11.8 Å². The van der Waals surface area contributed by atoms with E-state index >= 15 is 0 Å². The maximum absolute atomic E-state index is 12.0. The lowest BCUT2D eigenvalue weighted by Gasteiger charge is -2.14. The van der Waals surface area contributed by atoms with E-state index in [1.54, 1.807) is 12.5 Å². The van der Waals surface area contributed by atoms with Crippen molar-refractivity contribution in [1.82, 2.24) is 15.3 Å². The Morgan fingerprint density at radius 3 is 2.12 bits per heavy atom. The van der Waals surface area contributed by atoms with Crippen molar-refractivity contribution in [1.29, 1.82) is 0 Å². The van der Waals surface area contributed by atoms with Gasteiger partial charge >= 0.3 is 0 Å². The average molecular weight is 365 g/mol. The number of primary amides is 1. The Morgan fingerprint density at radius 2 is 1.62 bits per heavy atom. The summed E-state index contributed by atoms with van der Waals surface area (Å²) in [7, 11) is 0. The summed E-state index contributed by atoms with van der Waals surface area (Å²) in [4.78, 5) is 30.4. The molecule has 1 atom stereocenters. The zero-order chi connectivity index (χ0) is 19.0. The molecule has 0 saturated heterocycles. The van der Waals surface area contributed by atoms with Gasteiger partial charge in [-0.1, -0.05) is 71.1 Å². The first-order valence-corrected chi connectivity index (χ1v) is 10.2. The molecule has 0 aliphatic carbocycles. The number of carbonyl (C=O) groups excluding carboxylic acids is 2. The smallest absolute Gasteiger partial charge is 0.240 e. The van der Waals surface area contributed by atoms with Crippen LogP contribution >= 0.6 is 0 Å². The second kappa shape index (κ2) is 14.3. The van der Waals surface area contributed by atoms with Gasteiger partial charge in [-0.05, 0) is 6.42 Å². The molecule has 6 heteroatoms. The van der Waals surface area contributed by atoms with E-state index in [-0.39, 0.29) is 5.91 Å². The Kier molecular flexibility index (Phi) is 12.2. The molecule has 0 saturated carbocycles. The lowest BCUT2D eigenvalue weighted by Crippen LogP contribution is -2.45. The van der Waals surface area contributed by atoms with Crippen molar-refractivity contribution < 1.29 is 9.59 Å². The molecule has 1 rings (SSSR count). The van der Waals surface area contributed by atoms with Crippen molar-refractivity contribution in [3.63, 3.8) is 0 Å². The molecule has 148 valence electrons. The molecule has 26 heavy (non-hydrogen) atoms.